The van der Waals surface area contributed by atoms with Gasteiger partial charge in [-0.3, -0.25) is 0 Å². The van der Waals surface area contributed by atoms with Crippen molar-refractivity contribution in [2.75, 3.05) is 35.6 Å². The molecule has 3 N–H and O–H groups in total. The predicted molar refractivity (Wildman–Crippen MR) is 86.4 cm³/mol. The fraction of sp³-hybridized carbons (Fsp3) is 0.375. The molecule has 3 rings (SSSR count). The van der Waals surface area contributed by atoms with Gasteiger partial charge in [0, 0.05) is 37.1 Å². The average Bonchev–Trinajstić information content (AvgIpc) is 2.94. The Hall–Kier alpha value is -2.37. The molecule has 5 nitrogen and oxygen atoms in total. The van der Waals surface area contributed by atoms with Crippen LogP contribution in [0.3, 0.4) is 0 Å². The summed E-state index contributed by atoms with van der Waals surface area (Å²) in [5.41, 5.74) is 7.58. The van der Waals surface area contributed by atoms with E-state index in [-0.39, 0.29) is 5.82 Å². The highest BCUT2D eigenvalue weighted by Crippen LogP contribution is 2.24. The van der Waals surface area contributed by atoms with Crippen LogP contribution in [0.15, 0.2) is 30.3 Å². The van der Waals surface area contributed by atoms with E-state index < -0.39 is 0 Å². The van der Waals surface area contributed by atoms with E-state index in [9.17, 15) is 4.39 Å². The van der Waals surface area contributed by atoms with Gasteiger partial charge in [-0.25, -0.2) is 9.37 Å². The third-order valence-corrected chi connectivity index (χ3v) is 3.92. The number of aromatic nitrogens is 2. The summed E-state index contributed by atoms with van der Waals surface area (Å²) < 4.78 is 13.0. The van der Waals surface area contributed by atoms with Crippen molar-refractivity contribution in [3.63, 3.8) is 0 Å². The number of rotatable bonds is 4. The van der Waals surface area contributed by atoms with Gasteiger partial charge in [-0.1, -0.05) is 0 Å². The first-order valence-electron chi connectivity index (χ1n) is 7.46. The van der Waals surface area contributed by atoms with E-state index in [0.717, 1.165) is 43.3 Å². The van der Waals surface area contributed by atoms with Crippen LogP contribution in [-0.4, -0.2) is 29.6 Å². The SMILES string of the molecule is Cc1cc(NC[C@H]2CCN(c3ccc(F)cc3)C2)nc(N)n1. The number of nitrogen functional groups attached to an aromatic ring is 1. The van der Waals surface area contributed by atoms with Crippen molar-refractivity contribution in [3.8, 4) is 0 Å². The Morgan fingerprint density at radius 3 is 2.82 bits per heavy atom. The molecule has 2 aromatic rings. The van der Waals surface area contributed by atoms with Gasteiger partial charge in [0.25, 0.3) is 0 Å². The Balaban J connectivity index is 1.55. The molecule has 22 heavy (non-hydrogen) atoms. The zero-order valence-electron chi connectivity index (χ0n) is 12.6. The number of nitrogens with zero attached hydrogens (tertiary/aromatic N) is 3. The summed E-state index contributed by atoms with van der Waals surface area (Å²) in [6.45, 7) is 4.68. The van der Waals surface area contributed by atoms with Crippen LogP contribution in [0.1, 0.15) is 12.1 Å². The Kier molecular flexibility index (Phi) is 4.09. The van der Waals surface area contributed by atoms with Gasteiger partial charge in [-0.2, -0.15) is 4.98 Å². The number of benzene rings is 1. The second-order valence-electron chi connectivity index (χ2n) is 5.71. The third-order valence-electron chi connectivity index (χ3n) is 3.92. The maximum absolute atomic E-state index is 13.0. The molecule has 0 saturated carbocycles. The van der Waals surface area contributed by atoms with Crippen LogP contribution in [0.25, 0.3) is 0 Å². The van der Waals surface area contributed by atoms with Crippen LogP contribution < -0.4 is 16.0 Å². The number of nitrogens with one attached hydrogen (secondary N) is 1. The van der Waals surface area contributed by atoms with Crippen LogP contribution in [-0.2, 0) is 0 Å². The van der Waals surface area contributed by atoms with E-state index in [1.165, 1.54) is 12.1 Å². The molecule has 6 heteroatoms. The minimum atomic E-state index is -0.196. The van der Waals surface area contributed by atoms with Crippen molar-refractivity contribution in [3.05, 3.63) is 41.8 Å². The fourth-order valence-corrected chi connectivity index (χ4v) is 2.82. The van der Waals surface area contributed by atoms with Crippen LogP contribution >= 0.6 is 0 Å². The molecule has 1 aromatic carbocycles. The van der Waals surface area contributed by atoms with E-state index in [0.29, 0.717) is 11.9 Å². The van der Waals surface area contributed by atoms with Crippen LogP contribution in [0, 0.1) is 18.7 Å². The molecule has 0 aliphatic carbocycles. The number of aryl methyl sites for hydroxylation is 1. The van der Waals surface area contributed by atoms with Crippen molar-refractivity contribution in [1.29, 1.82) is 0 Å². The molecule has 1 aliphatic heterocycles. The van der Waals surface area contributed by atoms with Crippen LogP contribution in [0.5, 0.6) is 0 Å². The highest BCUT2D eigenvalue weighted by atomic mass is 19.1. The molecule has 1 aliphatic rings. The Bertz CT molecular complexity index is 623. The van der Waals surface area contributed by atoms with Gasteiger partial charge in [0.1, 0.15) is 11.6 Å². The zero-order valence-corrected chi connectivity index (χ0v) is 12.6. The lowest BCUT2D eigenvalue weighted by atomic mass is 10.1. The lowest BCUT2D eigenvalue weighted by Crippen LogP contribution is -2.22. The zero-order chi connectivity index (χ0) is 15.5. The van der Waals surface area contributed by atoms with E-state index in [2.05, 4.69) is 20.2 Å². The van der Waals surface area contributed by atoms with E-state index in [1.54, 1.807) is 0 Å². The summed E-state index contributed by atoms with van der Waals surface area (Å²) in [6, 6.07) is 8.57. The summed E-state index contributed by atoms with van der Waals surface area (Å²) in [7, 11) is 0. The van der Waals surface area contributed by atoms with Gasteiger partial charge in [0.05, 0.1) is 0 Å². The number of hydrogen-bond donors (Lipinski definition) is 2. The minimum absolute atomic E-state index is 0.196. The van der Waals surface area contributed by atoms with Gasteiger partial charge in [0.15, 0.2) is 0 Å². The van der Waals surface area contributed by atoms with Crippen molar-refractivity contribution >= 4 is 17.5 Å². The Labute approximate surface area is 129 Å². The molecular weight excluding hydrogens is 281 g/mol. The second-order valence-corrected chi connectivity index (χ2v) is 5.71. The van der Waals surface area contributed by atoms with Gasteiger partial charge >= 0.3 is 0 Å². The molecule has 0 radical (unpaired) electrons. The maximum atomic E-state index is 13.0. The second kappa shape index (κ2) is 6.17. The van der Waals surface area contributed by atoms with Crippen molar-refractivity contribution in [2.24, 2.45) is 5.92 Å². The molecule has 1 aromatic heterocycles. The molecule has 0 bridgehead atoms. The lowest BCUT2D eigenvalue weighted by molar-refractivity contribution is 0.620. The summed E-state index contributed by atoms with van der Waals surface area (Å²) in [5.74, 6) is 1.39. The molecule has 1 saturated heterocycles. The van der Waals surface area contributed by atoms with Gasteiger partial charge < -0.3 is 16.0 Å². The van der Waals surface area contributed by atoms with Gasteiger partial charge in [-0.05, 0) is 43.5 Å². The molecule has 0 amide bonds. The Morgan fingerprint density at radius 1 is 1.32 bits per heavy atom. The predicted octanol–water partition coefficient (Wildman–Crippen LogP) is 2.44. The quantitative estimate of drug-likeness (QED) is 0.908. The number of anilines is 3. The Morgan fingerprint density at radius 2 is 2.09 bits per heavy atom. The van der Waals surface area contributed by atoms with E-state index in [1.807, 2.05) is 25.1 Å². The summed E-state index contributed by atoms with van der Waals surface area (Å²) >= 11 is 0. The molecule has 116 valence electrons. The third kappa shape index (κ3) is 3.44. The maximum Gasteiger partial charge on any atom is 0.222 e. The molecule has 0 unspecified atom stereocenters. The van der Waals surface area contributed by atoms with Crippen LogP contribution in [0.2, 0.25) is 0 Å². The first-order chi connectivity index (χ1) is 10.6. The highest BCUT2D eigenvalue weighted by Gasteiger charge is 2.22. The number of halogens is 1. The molecule has 2 heterocycles. The summed E-state index contributed by atoms with van der Waals surface area (Å²) in [5, 5.41) is 3.33. The monoisotopic (exact) mass is 301 g/mol. The molecular formula is C16H20FN5. The largest absolute Gasteiger partial charge is 0.371 e. The molecule has 0 spiro atoms. The normalized spacial score (nSPS) is 17.7. The summed E-state index contributed by atoms with van der Waals surface area (Å²) in [4.78, 5) is 10.5. The average molecular weight is 301 g/mol. The van der Waals surface area contributed by atoms with Gasteiger partial charge in [0.2, 0.25) is 5.95 Å². The summed E-state index contributed by atoms with van der Waals surface area (Å²) in [6.07, 6.45) is 1.10. The van der Waals surface area contributed by atoms with Crippen molar-refractivity contribution < 1.29 is 4.39 Å². The van der Waals surface area contributed by atoms with E-state index in [4.69, 9.17) is 5.73 Å². The standard InChI is InChI=1S/C16H20FN5/c1-11-8-15(21-16(18)20-11)19-9-12-6-7-22(10-12)14-4-2-13(17)3-5-14/h2-5,8,12H,6-7,9-10H2,1H3,(H3,18,19,20,21)/t12-/m1/s1. The van der Waals surface area contributed by atoms with Gasteiger partial charge in [-0.15, -0.1) is 0 Å². The smallest absolute Gasteiger partial charge is 0.222 e. The van der Waals surface area contributed by atoms with Crippen LogP contribution in [0.4, 0.5) is 21.8 Å². The fourth-order valence-electron chi connectivity index (χ4n) is 2.82. The number of nitrogens with two attached hydrogens (primary N) is 1. The lowest BCUT2D eigenvalue weighted by Gasteiger charge is -2.19. The van der Waals surface area contributed by atoms with E-state index >= 15 is 0 Å². The highest BCUT2D eigenvalue weighted by molar-refractivity contribution is 5.47. The van der Waals surface area contributed by atoms with Crippen molar-refractivity contribution in [2.45, 2.75) is 13.3 Å². The van der Waals surface area contributed by atoms with Crippen molar-refractivity contribution in [1.82, 2.24) is 9.97 Å². The minimum Gasteiger partial charge on any atom is -0.371 e. The first kappa shape index (κ1) is 14.6. The number of hydrogen-bond acceptors (Lipinski definition) is 5. The molecule has 1 atom stereocenters. The molecule has 1 fully saturated rings. The first-order valence-corrected chi connectivity index (χ1v) is 7.46. The topological polar surface area (TPSA) is 67.1 Å².